The van der Waals surface area contributed by atoms with Gasteiger partial charge in [0.2, 0.25) is 11.8 Å². The molecule has 0 aliphatic rings. The van der Waals surface area contributed by atoms with Crippen molar-refractivity contribution in [2.75, 3.05) is 7.11 Å². The van der Waals surface area contributed by atoms with Crippen molar-refractivity contribution in [2.45, 2.75) is 0 Å². The maximum absolute atomic E-state index is 11.2. The molecule has 108 valence electrons. The molecular formula is C13H11N3O5. The van der Waals surface area contributed by atoms with Crippen molar-refractivity contribution in [1.82, 2.24) is 10.2 Å². The normalized spacial score (nSPS) is 9.95. The average molecular weight is 289 g/mol. The molecule has 0 saturated carbocycles. The number of rotatable bonds is 5. The molecular weight excluding hydrogens is 278 g/mol. The van der Waals surface area contributed by atoms with Gasteiger partial charge in [-0.05, 0) is 18.2 Å². The highest BCUT2D eigenvalue weighted by atomic mass is 16.5. The summed E-state index contributed by atoms with van der Waals surface area (Å²) in [5, 5.41) is 15.8. The summed E-state index contributed by atoms with van der Waals surface area (Å²) in [5.41, 5.74) is 5.21. The van der Waals surface area contributed by atoms with Crippen molar-refractivity contribution in [3.05, 3.63) is 41.6 Å². The summed E-state index contributed by atoms with van der Waals surface area (Å²) in [7, 11) is 1.44. The third kappa shape index (κ3) is 3.44. The van der Waals surface area contributed by atoms with Gasteiger partial charge >= 0.3 is 5.97 Å². The van der Waals surface area contributed by atoms with E-state index < -0.39 is 11.9 Å². The first-order chi connectivity index (χ1) is 9.99. The molecule has 0 radical (unpaired) electrons. The first-order valence-electron chi connectivity index (χ1n) is 5.73. The van der Waals surface area contributed by atoms with E-state index in [9.17, 15) is 9.59 Å². The van der Waals surface area contributed by atoms with Gasteiger partial charge in [0.15, 0.2) is 5.69 Å². The molecule has 3 N–H and O–H groups in total. The molecule has 0 unspecified atom stereocenters. The molecule has 0 aliphatic heterocycles. The highest BCUT2D eigenvalue weighted by molar-refractivity contribution is 5.93. The van der Waals surface area contributed by atoms with Crippen molar-refractivity contribution in [2.24, 2.45) is 5.73 Å². The molecule has 8 heteroatoms. The van der Waals surface area contributed by atoms with Crippen molar-refractivity contribution in [3.63, 3.8) is 0 Å². The minimum absolute atomic E-state index is 0.0728. The van der Waals surface area contributed by atoms with Crippen LogP contribution in [-0.2, 0) is 0 Å². The van der Waals surface area contributed by atoms with Crippen molar-refractivity contribution >= 4 is 11.9 Å². The molecule has 0 bridgehead atoms. The largest absolute Gasteiger partial charge is 0.497 e. The van der Waals surface area contributed by atoms with Crippen LogP contribution in [-0.4, -0.2) is 34.3 Å². The highest BCUT2D eigenvalue weighted by Crippen LogP contribution is 2.26. The number of carbonyl (C=O) groups excluding carboxylic acids is 1. The van der Waals surface area contributed by atoms with Crippen molar-refractivity contribution in [1.29, 1.82) is 0 Å². The van der Waals surface area contributed by atoms with Gasteiger partial charge in [-0.2, -0.15) is 0 Å². The second-order valence-corrected chi connectivity index (χ2v) is 3.93. The molecule has 2 aromatic rings. The summed E-state index contributed by atoms with van der Waals surface area (Å²) in [6.45, 7) is 0. The van der Waals surface area contributed by atoms with Gasteiger partial charge in [0.1, 0.15) is 11.5 Å². The van der Waals surface area contributed by atoms with E-state index in [1.54, 1.807) is 0 Å². The molecule has 2 rings (SSSR count). The van der Waals surface area contributed by atoms with Crippen LogP contribution in [0.4, 0.5) is 0 Å². The quantitative estimate of drug-likeness (QED) is 0.843. The zero-order valence-corrected chi connectivity index (χ0v) is 10.9. The molecule has 21 heavy (non-hydrogen) atoms. The van der Waals surface area contributed by atoms with Crippen LogP contribution in [0.5, 0.6) is 17.4 Å². The second-order valence-electron chi connectivity index (χ2n) is 3.93. The van der Waals surface area contributed by atoms with Crippen molar-refractivity contribution < 1.29 is 24.2 Å². The highest BCUT2D eigenvalue weighted by Gasteiger charge is 2.10. The summed E-state index contributed by atoms with van der Waals surface area (Å²) in [5.74, 6) is -1.10. The van der Waals surface area contributed by atoms with E-state index in [0.29, 0.717) is 5.75 Å². The zero-order chi connectivity index (χ0) is 15.4. The number of nitrogens with zero attached hydrogens (tertiary/aromatic N) is 2. The first kappa shape index (κ1) is 14.3. The lowest BCUT2D eigenvalue weighted by atomic mass is 10.2. The Hall–Kier alpha value is -3.16. The first-order valence-corrected chi connectivity index (χ1v) is 5.73. The van der Waals surface area contributed by atoms with Gasteiger partial charge in [0.25, 0.3) is 0 Å². The number of hydrogen-bond donors (Lipinski definition) is 2. The van der Waals surface area contributed by atoms with Gasteiger partial charge in [-0.1, -0.05) is 0 Å². The number of nitrogens with two attached hydrogens (primary N) is 1. The molecule has 0 atom stereocenters. The lowest BCUT2D eigenvalue weighted by Gasteiger charge is -2.08. The Morgan fingerprint density at radius 1 is 1.14 bits per heavy atom. The Labute approximate surface area is 119 Å². The molecule has 0 aliphatic carbocycles. The molecule has 8 nitrogen and oxygen atoms in total. The summed E-state index contributed by atoms with van der Waals surface area (Å²) >= 11 is 0. The SMILES string of the molecule is COc1cc(Oc2ccc(C(=O)O)nn2)cc(C(N)=O)c1. The van der Waals surface area contributed by atoms with Crippen LogP contribution >= 0.6 is 0 Å². The van der Waals surface area contributed by atoms with E-state index in [1.165, 1.54) is 37.4 Å². The minimum Gasteiger partial charge on any atom is -0.497 e. The standard InChI is InChI=1S/C13H11N3O5/c1-20-8-4-7(12(14)17)5-9(6-8)21-11-3-2-10(13(18)19)15-16-11/h2-6H,1H3,(H2,14,17)(H,18,19). The predicted octanol–water partition coefficient (Wildman–Crippen LogP) is 1.07. The number of carboxylic acids is 1. The van der Waals surface area contributed by atoms with Gasteiger partial charge in [-0.15, -0.1) is 10.2 Å². The van der Waals surface area contributed by atoms with Gasteiger partial charge in [0.05, 0.1) is 7.11 Å². The summed E-state index contributed by atoms with van der Waals surface area (Å²) < 4.78 is 10.4. The number of carbonyl (C=O) groups is 2. The van der Waals surface area contributed by atoms with E-state index in [-0.39, 0.29) is 22.9 Å². The molecule has 1 aromatic heterocycles. The molecule has 0 spiro atoms. The molecule has 0 saturated heterocycles. The van der Waals surface area contributed by atoms with Gasteiger partial charge in [-0.3, -0.25) is 4.79 Å². The summed E-state index contributed by atoms with van der Waals surface area (Å²) in [6, 6.07) is 7.00. The topological polar surface area (TPSA) is 125 Å². The number of carboxylic acid groups (broad SMARTS) is 1. The fourth-order valence-corrected chi connectivity index (χ4v) is 1.50. The zero-order valence-electron chi connectivity index (χ0n) is 10.9. The van der Waals surface area contributed by atoms with Gasteiger partial charge in [0, 0.05) is 17.7 Å². The van der Waals surface area contributed by atoms with Crippen LogP contribution in [0.2, 0.25) is 0 Å². The van der Waals surface area contributed by atoms with E-state index in [0.717, 1.165) is 0 Å². The molecule has 1 heterocycles. The number of hydrogen-bond acceptors (Lipinski definition) is 6. The number of aromatic nitrogens is 2. The Morgan fingerprint density at radius 2 is 1.86 bits per heavy atom. The fourth-order valence-electron chi connectivity index (χ4n) is 1.50. The number of primary amides is 1. The second kappa shape index (κ2) is 5.87. The molecule has 1 aromatic carbocycles. The van der Waals surface area contributed by atoms with Crippen LogP contribution in [0.15, 0.2) is 30.3 Å². The van der Waals surface area contributed by atoms with E-state index >= 15 is 0 Å². The van der Waals surface area contributed by atoms with E-state index in [4.69, 9.17) is 20.3 Å². The number of methoxy groups -OCH3 is 1. The van der Waals surface area contributed by atoms with E-state index in [2.05, 4.69) is 10.2 Å². The maximum atomic E-state index is 11.2. The molecule has 1 amide bonds. The Bertz CT molecular complexity index is 685. The van der Waals surface area contributed by atoms with Crippen LogP contribution in [0.1, 0.15) is 20.8 Å². The fraction of sp³-hybridized carbons (Fsp3) is 0.0769. The number of ether oxygens (including phenoxy) is 2. The van der Waals surface area contributed by atoms with Crippen LogP contribution in [0.3, 0.4) is 0 Å². The number of benzene rings is 1. The van der Waals surface area contributed by atoms with Crippen LogP contribution in [0.25, 0.3) is 0 Å². The number of amides is 1. The molecule has 0 fully saturated rings. The summed E-state index contributed by atoms with van der Waals surface area (Å²) in [6.07, 6.45) is 0. The minimum atomic E-state index is -1.19. The third-order valence-corrected chi connectivity index (χ3v) is 2.48. The van der Waals surface area contributed by atoms with Crippen LogP contribution in [0, 0.1) is 0 Å². The predicted molar refractivity (Wildman–Crippen MR) is 70.6 cm³/mol. The van der Waals surface area contributed by atoms with Gasteiger partial charge in [-0.25, -0.2) is 4.79 Å². The Kier molecular flexibility index (Phi) is 3.98. The Morgan fingerprint density at radius 3 is 2.38 bits per heavy atom. The van der Waals surface area contributed by atoms with Crippen LogP contribution < -0.4 is 15.2 Å². The summed E-state index contributed by atoms with van der Waals surface area (Å²) in [4.78, 5) is 21.9. The maximum Gasteiger partial charge on any atom is 0.356 e. The third-order valence-electron chi connectivity index (χ3n) is 2.48. The smallest absolute Gasteiger partial charge is 0.356 e. The number of aromatic carboxylic acids is 1. The van der Waals surface area contributed by atoms with E-state index in [1.807, 2.05) is 0 Å². The Balaban J connectivity index is 2.28. The van der Waals surface area contributed by atoms with Gasteiger partial charge < -0.3 is 20.3 Å². The lowest BCUT2D eigenvalue weighted by Crippen LogP contribution is -2.11. The lowest BCUT2D eigenvalue weighted by molar-refractivity contribution is 0.0688. The van der Waals surface area contributed by atoms with Crippen molar-refractivity contribution in [3.8, 4) is 17.4 Å². The average Bonchev–Trinajstić information content (AvgIpc) is 2.47. The monoisotopic (exact) mass is 289 g/mol.